The fraction of sp³-hybridized carbons (Fsp3) is 0.571. The molecule has 2 rings (SSSR count). The van der Waals surface area contributed by atoms with Crippen LogP contribution in [0.2, 0.25) is 0 Å². The predicted molar refractivity (Wildman–Crippen MR) is 43.9 cm³/mol. The van der Waals surface area contributed by atoms with Crippen molar-refractivity contribution in [2.75, 3.05) is 0 Å². The maximum atomic E-state index is 9.23. The lowest BCUT2D eigenvalue weighted by molar-refractivity contribution is 0.157. The molecule has 1 atom stereocenters. The molecule has 1 aromatic heterocycles. The number of hydrogen-bond donors (Lipinski definition) is 2. The normalized spacial score (nSPS) is 22.1. The molecule has 4 heteroatoms. The van der Waals surface area contributed by atoms with Gasteiger partial charge < -0.3 is 10.1 Å². The Morgan fingerprint density at radius 1 is 1.64 bits per heavy atom. The van der Waals surface area contributed by atoms with Crippen LogP contribution in [0.15, 0.2) is 6.33 Å². The topological polar surface area (TPSA) is 48.9 Å². The molecular weight excluding hydrogens is 164 g/mol. The van der Waals surface area contributed by atoms with E-state index in [1.165, 1.54) is 0 Å². The minimum atomic E-state index is -0.159. The third-order valence-electron chi connectivity index (χ3n) is 1.96. The van der Waals surface area contributed by atoms with E-state index < -0.39 is 0 Å². The zero-order valence-corrected chi connectivity index (χ0v) is 6.90. The highest BCUT2D eigenvalue weighted by molar-refractivity contribution is 5.85. The summed E-state index contributed by atoms with van der Waals surface area (Å²) in [6.07, 6.45) is 4.06. The third kappa shape index (κ3) is 1.54. The zero-order valence-electron chi connectivity index (χ0n) is 6.08. The van der Waals surface area contributed by atoms with Crippen LogP contribution in [-0.4, -0.2) is 21.2 Å². The smallest absolute Gasteiger partial charge is 0.0925 e. The summed E-state index contributed by atoms with van der Waals surface area (Å²) in [5, 5.41) is 9.23. The van der Waals surface area contributed by atoms with Crippen molar-refractivity contribution in [1.29, 1.82) is 0 Å². The van der Waals surface area contributed by atoms with Gasteiger partial charge in [-0.15, -0.1) is 12.4 Å². The van der Waals surface area contributed by atoms with Crippen LogP contribution in [0, 0.1) is 0 Å². The lowest BCUT2D eigenvalue weighted by Gasteiger charge is -2.14. The van der Waals surface area contributed by atoms with Crippen molar-refractivity contribution < 1.29 is 5.11 Å². The second-order valence-electron chi connectivity index (χ2n) is 2.72. The van der Waals surface area contributed by atoms with Crippen molar-refractivity contribution in [3.05, 3.63) is 17.7 Å². The van der Waals surface area contributed by atoms with Crippen molar-refractivity contribution in [3.8, 4) is 0 Å². The van der Waals surface area contributed by atoms with Gasteiger partial charge in [0.15, 0.2) is 0 Å². The SMILES string of the molecule is Cl.OC1CCc2nc[nH]c2C1. The van der Waals surface area contributed by atoms with Gasteiger partial charge in [0, 0.05) is 12.1 Å². The number of aliphatic hydroxyl groups excluding tert-OH is 1. The van der Waals surface area contributed by atoms with Gasteiger partial charge in [-0.3, -0.25) is 0 Å². The van der Waals surface area contributed by atoms with E-state index in [0.29, 0.717) is 0 Å². The standard InChI is InChI=1S/C7H10N2O.ClH/c10-5-1-2-6-7(3-5)9-4-8-6;/h4-5,10H,1-3H2,(H,8,9);1H. The number of H-pyrrole nitrogens is 1. The number of nitrogens with one attached hydrogen (secondary N) is 1. The van der Waals surface area contributed by atoms with E-state index in [2.05, 4.69) is 9.97 Å². The van der Waals surface area contributed by atoms with Crippen LogP contribution in [0.25, 0.3) is 0 Å². The number of aromatic nitrogens is 2. The second kappa shape index (κ2) is 3.24. The fourth-order valence-corrected chi connectivity index (χ4v) is 1.38. The minimum Gasteiger partial charge on any atom is -0.393 e. The average molecular weight is 175 g/mol. The first-order chi connectivity index (χ1) is 4.86. The summed E-state index contributed by atoms with van der Waals surface area (Å²) in [6, 6.07) is 0. The summed E-state index contributed by atoms with van der Waals surface area (Å²) in [5.41, 5.74) is 2.24. The summed E-state index contributed by atoms with van der Waals surface area (Å²) < 4.78 is 0. The molecule has 0 amide bonds. The van der Waals surface area contributed by atoms with E-state index in [4.69, 9.17) is 0 Å². The van der Waals surface area contributed by atoms with Gasteiger partial charge in [0.2, 0.25) is 0 Å². The molecule has 0 aromatic carbocycles. The summed E-state index contributed by atoms with van der Waals surface area (Å²) in [4.78, 5) is 7.14. The Balaban J connectivity index is 0.000000605. The number of hydrogen-bond acceptors (Lipinski definition) is 2. The van der Waals surface area contributed by atoms with Crippen molar-refractivity contribution in [1.82, 2.24) is 9.97 Å². The van der Waals surface area contributed by atoms with E-state index in [1.54, 1.807) is 6.33 Å². The molecule has 0 bridgehead atoms. The first-order valence-corrected chi connectivity index (χ1v) is 3.55. The third-order valence-corrected chi connectivity index (χ3v) is 1.96. The molecule has 0 aliphatic heterocycles. The molecule has 2 N–H and O–H groups in total. The van der Waals surface area contributed by atoms with Crippen molar-refractivity contribution in [3.63, 3.8) is 0 Å². The van der Waals surface area contributed by atoms with E-state index in [0.717, 1.165) is 30.7 Å². The minimum absolute atomic E-state index is 0. The lowest BCUT2D eigenvalue weighted by atomic mass is 9.99. The van der Waals surface area contributed by atoms with Crippen molar-refractivity contribution >= 4 is 12.4 Å². The highest BCUT2D eigenvalue weighted by atomic mass is 35.5. The number of aliphatic hydroxyl groups is 1. The van der Waals surface area contributed by atoms with Gasteiger partial charge in [-0.1, -0.05) is 0 Å². The fourth-order valence-electron chi connectivity index (χ4n) is 1.38. The van der Waals surface area contributed by atoms with E-state index in [9.17, 15) is 5.11 Å². The van der Waals surface area contributed by atoms with Gasteiger partial charge in [0.25, 0.3) is 0 Å². The summed E-state index contributed by atoms with van der Waals surface area (Å²) >= 11 is 0. The Kier molecular flexibility index (Phi) is 2.52. The number of aromatic amines is 1. The molecule has 1 unspecified atom stereocenters. The lowest BCUT2D eigenvalue weighted by Crippen LogP contribution is -2.18. The van der Waals surface area contributed by atoms with E-state index in [-0.39, 0.29) is 18.5 Å². The molecule has 62 valence electrons. The number of imidazole rings is 1. The second-order valence-corrected chi connectivity index (χ2v) is 2.72. The molecule has 0 saturated carbocycles. The number of halogens is 1. The molecule has 1 aliphatic carbocycles. The Hall–Kier alpha value is -0.540. The molecule has 0 fully saturated rings. The molecule has 3 nitrogen and oxygen atoms in total. The molecular formula is C7H11ClN2O. The average Bonchev–Trinajstić information content (AvgIpc) is 2.33. The van der Waals surface area contributed by atoms with Gasteiger partial charge in [-0.2, -0.15) is 0 Å². The quantitative estimate of drug-likeness (QED) is 0.608. The first-order valence-electron chi connectivity index (χ1n) is 3.55. The largest absolute Gasteiger partial charge is 0.393 e. The molecule has 0 radical (unpaired) electrons. The number of rotatable bonds is 0. The Bertz CT molecular complexity index is 236. The Labute approximate surface area is 71.3 Å². The molecule has 0 spiro atoms. The summed E-state index contributed by atoms with van der Waals surface area (Å²) in [7, 11) is 0. The Morgan fingerprint density at radius 3 is 3.27 bits per heavy atom. The highest BCUT2D eigenvalue weighted by Crippen LogP contribution is 2.16. The molecule has 0 saturated heterocycles. The first kappa shape index (κ1) is 8.56. The van der Waals surface area contributed by atoms with Crippen molar-refractivity contribution in [2.24, 2.45) is 0 Å². The van der Waals surface area contributed by atoms with Gasteiger partial charge in [-0.05, 0) is 12.8 Å². The molecule has 1 heterocycles. The monoisotopic (exact) mass is 174 g/mol. The number of aryl methyl sites for hydroxylation is 1. The number of fused-ring (bicyclic) bond motifs is 1. The van der Waals surface area contributed by atoms with Gasteiger partial charge >= 0.3 is 0 Å². The summed E-state index contributed by atoms with van der Waals surface area (Å²) in [5.74, 6) is 0. The molecule has 11 heavy (non-hydrogen) atoms. The predicted octanol–water partition coefficient (Wildman–Crippen LogP) is 0.681. The van der Waals surface area contributed by atoms with Crippen LogP contribution in [0.3, 0.4) is 0 Å². The highest BCUT2D eigenvalue weighted by Gasteiger charge is 2.17. The Morgan fingerprint density at radius 2 is 2.45 bits per heavy atom. The number of nitrogens with zero attached hydrogens (tertiary/aromatic N) is 1. The van der Waals surface area contributed by atoms with Crippen LogP contribution in [0.4, 0.5) is 0 Å². The van der Waals surface area contributed by atoms with Crippen LogP contribution >= 0.6 is 12.4 Å². The van der Waals surface area contributed by atoms with Gasteiger partial charge in [0.1, 0.15) is 0 Å². The van der Waals surface area contributed by atoms with Crippen LogP contribution in [0.1, 0.15) is 17.8 Å². The van der Waals surface area contributed by atoms with Crippen molar-refractivity contribution in [2.45, 2.75) is 25.4 Å². The summed E-state index contributed by atoms with van der Waals surface area (Å²) in [6.45, 7) is 0. The van der Waals surface area contributed by atoms with Crippen LogP contribution in [-0.2, 0) is 12.8 Å². The van der Waals surface area contributed by atoms with Gasteiger partial charge in [-0.25, -0.2) is 4.98 Å². The zero-order chi connectivity index (χ0) is 6.97. The van der Waals surface area contributed by atoms with E-state index in [1.807, 2.05) is 0 Å². The maximum absolute atomic E-state index is 9.23. The molecule has 1 aliphatic rings. The van der Waals surface area contributed by atoms with Crippen LogP contribution in [0.5, 0.6) is 0 Å². The maximum Gasteiger partial charge on any atom is 0.0925 e. The van der Waals surface area contributed by atoms with E-state index >= 15 is 0 Å². The molecule has 1 aromatic rings. The van der Waals surface area contributed by atoms with Crippen LogP contribution < -0.4 is 0 Å². The van der Waals surface area contributed by atoms with Gasteiger partial charge in [0.05, 0.1) is 18.1 Å².